The zero-order valence-electron chi connectivity index (χ0n) is 47.9. The molecule has 0 aliphatic carbocycles. The molecule has 0 heterocycles. The SMILES string of the molecule is CCCCCCCCCCCCCC/C=C\CCCCCCCCCCCC(=O)NC(COP(=O)([O-])OCC[N+](C)(C)C)C(O)/C=C/CC/C=C/CCCCCCCCCCCCCCCCCCCC. The topological polar surface area (TPSA) is 108 Å². The normalized spacial score (nSPS) is 14.1. The lowest BCUT2D eigenvalue weighted by atomic mass is 10.0. The van der Waals surface area contributed by atoms with E-state index in [2.05, 4.69) is 43.5 Å². The molecule has 0 fully saturated rings. The van der Waals surface area contributed by atoms with Crippen LogP contribution in [0, 0.1) is 0 Å². The molecule has 2 N–H and O–H groups in total. The molecule has 420 valence electrons. The Morgan fingerprint density at radius 3 is 1.14 bits per heavy atom. The summed E-state index contributed by atoms with van der Waals surface area (Å²) in [5.41, 5.74) is 0. The molecule has 0 aromatic rings. The number of nitrogens with one attached hydrogen (secondary N) is 1. The zero-order valence-corrected chi connectivity index (χ0v) is 48.8. The maximum absolute atomic E-state index is 13.0. The van der Waals surface area contributed by atoms with Crippen LogP contribution in [0.3, 0.4) is 0 Å². The highest BCUT2D eigenvalue weighted by atomic mass is 31.2. The van der Waals surface area contributed by atoms with Crippen LogP contribution in [0.1, 0.15) is 303 Å². The van der Waals surface area contributed by atoms with Gasteiger partial charge in [0.05, 0.1) is 39.9 Å². The number of allylic oxidation sites excluding steroid dienone is 5. The van der Waals surface area contributed by atoms with Gasteiger partial charge in [-0.05, 0) is 57.8 Å². The van der Waals surface area contributed by atoms with Gasteiger partial charge in [-0.1, -0.05) is 275 Å². The smallest absolute Gasteiger partial charge is 0.268 e. The molecule has 9 heteroatoms. The van der Waals surface area contributed by atoms with Crippen molar-refractivity contribution in [2.45, 2.75) is 315 Å². The average molecular weight is 1020 g/mol. The highest BCUT2D eigenvalue weighted by molar-refractivity contribution is 7.45. The van der Waals surface area contributed by atoms with Crippen molar-refractivity contribution in [3.8, 4) is 0 Å². The fraction of sp³-hybridized carbons (Fsp3) is 0.887. The molecular formula is C62H121N2O6P. The van der Waals surface area contributed by atoms with Gasteiger partial charge in [0, 0.05) is 6.42 Å². The molecule has 0 saturated carbocycles. The van der Waals surface area contributed by atoms with Gasteiger partial charge in [0.25, 0.3) is 7.82 Å². The minimum Gasteiger partial charge on any atom is -0.756 e. The van der Waals surface area contributed by atoms with Crippen molar-refractivity contribution < 1.29 is 32.9 Å². The zero-order chi connectivity index (χ0) is 52.0. The Kier molecular flexibility index (Phi) is 52.6. The number of quaternary nitrogens is 1. The summed E-state index contributed by atoms with van der Waals surface area (Å²) in [5.74, 6) is -0.205. The standard InChI is InChI=1S/C62H121N2O6P/c1-6-8-10-12-14-16-18-20-22-24-26-28-30-32-34-36-38-40-42-44-46-48-50-52-54-56-62(66)63-60(59-70-71(67,68)69-58-57-64(3,4)5)61(65)55-53-51-49-47-45-43-41-39-37-35-33-31-29-27-25-23-21-19-17-15-13-11-9-7-2/h32,34,45,47,53,55,60-61,65H,6-31,33,35-44,46,48-52,54,56-59H2,1-5H3,(H-,63,66,67,68)/b34-32-,47-45+,55-53+. The summed E-state index contributed by atoms with van der Waals surface area (Å²) in [6.07, 6.45) is 69.5. The van der Waals surface area contributed by atoms with Crippen LogP contribution in [0.5, 0.6) is 0 Å². The largest absolute Gasteiger partial charge is 0.756 e. The summed E-state index contributed by atoms with van der Waals surface area (Å²) in [6, 6.07) is -0.905. The van der Waals surface area contributed by atoms with Crippen LogP contribution in [-0.4, -0.2) is 68.5 Å². The first-order valence-electron chi connectivity index (χ1n) is 30.9. The monoisotopic (exact) mass is 1020 g/mol. The van der Waals surface area contributed by atoms with E-state index in [1.54, 1.807) is 6.08 Å². The first-order chi connectivity index (χ1) is 34.5. The predicted molar refractivity (Wildman–Crippen MR) is 307 cm³/mol. The second-order valence-electron chi connectivity index (χ2n) is 22.4. The third kappa shape index (κ3) is 56.3. The van der Waals surface area contributed by atoms with E-state index in [4.69, 9.17) is 9.05 Å². The molecule has 0 aromatic carbocycles. The molecule has 0 aliphatic rings. The molecule has 71 heavy (non-hydrogen) atoms. The molecule has 8 nitrogen and oxygen atoms in total. The number of hydrogen-bond acceptors (Lipinski definition) is 6. The molecule has 0 saturated heterocycles. The van der Waals surface area contributed by atoms with Crippen LogP contribution >= 0.6 is 7.82 Å². The van der Waals surface area contributed by atoms with Crippen molar-refractivity contribution in [2.24, 2.45) is 0 Å². The molecule has 3 unspecified atom stereocenters. The molecule has 0 aromatic heterocycles. The fourth-order valence-corrected chi connectivity index (χ4v) is 9.95. The molecule has 1 amide bonds. The Hall–Kier alpha value is -1.28. The lowest BCUT2D eigenvalue weighted by Crippen LogP contribution is -2.45. The van der Waals surface area contributed by atoms with Crippen molar-refractivity contribution in [3.63, 3.8) is 0 Å². The third-order valence-corrected chi connectivity index (χ3v) is 15.0. The lowest BCUT2D eigenvalue weighted by Gasteiger charge is -2.29. The van der Waals surface area contributed by atoms with Gasteiger partial charge < -0.3 is 28.8 Å². The number of aliphatic hydroxyl groups is 1. The highest BCUT2D eigenvalue weighted by Gasteiger charge is 2.23. The van der Waals surface area contributed by atoms with Crippen molar-refractivity contribution in [1.82, 2.24) is 5.32 Å². The van der Waals surface area contributed by atoms with E-state index in [9.17, 15) is 19.4 Å². The van der Waals surface area contributed by atoms with E-state index in [1.165, 1.54) is 244 Å². The van der Waals surface area contributed by atoms with Gasteiger partial charge in [0.1, 0.15) is 13.2 Å². The number of unbranched alkanes of at least 4 members (excludes halogenated alkanes) is 40. The Morgan fingerprint density at radius 2 is 0.789 bits per heavy atom. The summed E-state index contributed by atoms with van der Waals surface area (Å²) in [7, 11) is 1.25. The molecule has 0 bridgehead atoms. The minimum absolute atomic E-state index is 0.00595. The van der Waals surface area contributed by atoms with E-state index in [1.807, 2.05) is 27.2 Å². The number of rotatable bonds is 57. The summed E-state index contributed by atoms with van der Waals surface area (Å²) in [6.45, 7) is 4.67. The quantitative estimate of drug-likeness (QED) is 0.0272. The molecule has 0 aliphatic heterocycles. The number of aliphatic hydroxyl groups excluding tert-OH is 1. The average Bonchev–Trinajstić information content (AvgIpc) is 3.33. The van der Waals surface area contributed by atoms with Crippen molar-refractivity contribution in [3.05, 3.63) is 36.5 Å². The fourth-order valence-electron chi connectivity index (χ4n) is 9.23. The van der Waals surface area contributed by atoms with Crippen LogP contribution in [0.25, 0.3) is 0 Å². The van der Waals surface area contributed by atoms with Crippen LogP contribution in [0.15, 0.2) is 36.5 Å². The predicted octanol–water partition coefficient (Wildman–Crippen LogP) is 18.3. The molecule has 0 spiro atoms. The Morgan fingerprint density at radius 1 is 0.479 bits per heavy atom. The van der Waals surface area contributed by atoms with Gasteiger partial charge >= 0.3 is 0 Å². The summed E-state index contributed by atoms with van der Waals surface area (Å²) in [4.78, 5) is 25.5. The number of likely N-dealkylation sites (N-methyl/N-ethyl adjacent to an activating group) is 1. The molecular weight excluding hydrogens is 900 g/mol. The van der Waals surface area contributed by atoms with E-state index in [0.29, 0.717) is 17.4 Å². The van der Waals surface area contributed by atoms with Gasteiger partial charge in [-0.25, -0.2) is 0 Å². The molecule has 3 atom stereocenters. The number of phosphoric acid groups is 1. The van der Waals surface area contributed by atoms with Gasteiger partial charge in [-0.3, -0.25) is 9.36 Å². The van der Waals surface area contributed by atoms with E-state index < -0.39 is 26.6 Å². The second-order valence-corrected chi connectivity index (χ2v) is 23.8. The Labute approximate surface area is 442 Å². The number of carbonyl (C=O) groups is 1. The van der Waals surface area contributed by atoms with E-state index in [-0.39, 0.29) is 12.5 Å². The maximum atomic E-state index is 13.0. The number of hydrogen-bond donors (Lipinski definition) is 2. The van der Waals surface area contributed by atoms with Gasteiger partial charge in [-0.2, -0.15) is 0 Å². The van der Waals surface area contributed by atoms with Crippen molar-refractivity contribution in [2.75, 3.05) is 40.9 Å². The Bertz CT molecular complexity index is 1250. The van der Waals surface area contributed by atoms with Crippen LogP contribution in [0.2, 0.25) is 0 Å². The number of nitrogens with zero attached hydrogens (tertiary/aromatic N) is 1. The third-order valence-electron chi connectivity index (χ3n) is 14.1. The summed E-state index contributed by atoms with van der Waals surface area (Å²) in [5, 5.41) is 13.9. The maximum Gasteiger partial charge on any atom is 0.268 e. The minimum atomic E-state index is -4.61. The molecule has 0 rings (SSSR count). The summed E-state index contributed by atoms with van der Waals surface area (Å²) >= 11 is 0. The first-order valence-corrected chi connectivity index (χ1v) is 32.3. The Balaban J connectivity index is 4.20. The first kappa shape index (κ1) is 69.7. The second kappa shape index (κ2) is 53.5. The highest BCUT2D eigenvalue weighted by Crippen LogP contribution is 2.38. The van der Waals surface area contributed by atoms with Crippen LogP contribution in [0.4, 0.5) is 0 Å². The van der Waals surface area contributed by atoms with Gasteiger partial charge in [-0.15, -0.1) is 0 Å². The summed E-state index contributed by atoms with van der Waals surface area (Å²) < 4.78 is 23.4. The lowest BCUT2D eigenvalue weighted by molar-refractivity contribution is -0.870. The van der Waals surface area contributed by atoms with Crippen molar-refractivity contribution >= 4 is 13.7 Å². The van der Waals surface area contributed by atoms with Gasteiger partial charge in [0.15, 0.2) is 0 Å². The molecule has 0 radical (unpaired) electrons. The number of carbonyl (C=O) groups excluding carboxylic acids is 1. The van der Waals surface area contributed by atoms with Crippen molar-refractivity contribution in [1.29, 1.82) is 0 Å². The number of amides is 1. The van der Waals surface area contributed by atoms with E-state index >= 15 is 0 Å². The number of phosphoric ester groups is 1. The van der Waals surface area contributed by atoms with Gasteiger partial charge in [0.2, 0.25) is 5.91 Å². The van der Waals surface area contributed by atoms with Crippen LogP contribution < -0.4 is 10.2 Å². The van der Waals surface area contributed by atoms with E-state index in [0.717, 1.165) is 38.5 Å². The van der Waals surface area contributed by atoms with Crippen LogP contribution in [-0.2, 0) is 18.4 Å².